The number of furan rings is 1. The number of benzene rings is 1. The van der Waals surface area contributed by atoms with Gasteiger partial charge in [-0.25, -0.2) is 0 Å². The summed E-state index contributed by atoms with van der Waals surface area (Å²) in [6.45, 7) is 2.11. The molecule has 0 fully saturated rings. The summed E-state index contributed by atoms with van der Waals surface area (Å²) in [4.78, 5) is 0. The molecule has 1 aromatic carbocycles. The minimum absolute atomic E-state index is 0.0885. The van der Waals surface area contributed by atoms with Crippen molar-refractivity contribution in [2.24, 2.45) is 0 Å². The van der Waals surface area contributed by atoms with Gasteiger partial charge in [-0.1, -0.05) is 24.3 Å². The molecule has 0 bridgehead atoms. The van der Waals surface area contributed by atoms with Crippen LogP contribution in [-0.4, -0.2) is 7.05 Å². The Bertz CT molecular complexity index is 478. The monoisotopic (exact) mass is 279 g/mol. The van der Waals surface area contributed by atoms with Crippen LogP contribution in [0.15, 0.2) is 45.5 Å². The zero-order valence-electron chi connectivity index (χ0n) is 9.33. The van der Waals surface area contributed by atoms with Gasteiger partial charge in [-0.05, 0) is 47.1 Å². The third-order valence-corrected chi connectivity index (χ3v) is 3.35. The molecule has 1 heterocycles. The Morgan fingerprint density at radius 1 is 1.25 bits per heavy atom. The van der Waals surface area contributed by atoms with Crippen LogP contribution in [0.3, 0.4) is 0 Å². The second-order valence-electron chi connectivity index (χ2n) is 3.71. The van der Waals surface area contributed by atoms with Crippen molar-refractivity contribution in [1.82, 2.24) is 5.32 Å². The number of rotatable bonds is 3. The number of hydrogen-bond acceptors (Lipinski definition) is 2. The molecule has 0 aliphatic heterocycles. The maximum atomic E-state index is 5.52. The Morgan fingerprint density at radius 2 is 2.00 bits per heavy atom. The maximum absolute atomic E-state index is 5.52. The Labute approximate surface area is 104 Å². The van der Waals surface area contributed by atoms with Crippen LogP contribution < -0.4 is 5.32 Å². The van der Waals surface area contributed by atoms with E-state index >= 15 is 0 Å². The van der Waals surface area contributed by atoms with Crippen LogP contribution in [0, 0.1) is 6.92 Å². The molecule has 84 valence electrons. The summed E-state index contributed by atoms with van der Waals surface area (Å²) >= 11 is 3.50. The minimum atomic E-state index is 0.0885. The summed E-state index contributed by atoms with van der Waals surface area (Å²) in [5, 5.41) is 3.28. The van der Waals surface area contributed by atoms with Crippen molar-refractivity contribution < 1.29 is 4.42 Å². The van der Waals surface area contributed by atoms with Crippen LogP contribution in [0.1, 0.15) is 22.9 Å². The topological polar surface area (TPSA) is 25.2 Å². The second-order valence-corrected chi connectivity index (χ2v) is 4.57. The highest BCUT2D eigenvalue weighted by Crippen LogP contribution is 2.30. The highest BCUT2D eigenvalue weighted by atomic mass is 79.9. The molecule has 3 heteroatoms. The van der Waals surface area contributed by atoms with Gasteiger partial charge in [0.15, 0.2) is 0 Å². The zero-order valence-corrected chi connectivity index (χ0v) is 10.9. The Morgan fingerprint density at radius 3 is 2.56 bits per heavy atom. The normalized spacial score (nSPS) is 12.7. The number of halogens is 1. The van der Waals surface area contributed by atoms with Crippen molar-refractivity contribution in [3.63, 3.8) is 0 Å². The molecule has 16 heavy (non-hydrogen) atoms. The minimum Gasteiger partial charge on any atom is -0.466 e. The highest BCUT2D eigenvalue weighted by molar-refractivity contribution is 9.10. The lowest BCUT2D eigenvalue weighted by Crippen LogP contribution is -2.18. The average Bonchev–Trinajstić information content (AvgIpc) is 2.69. The first-order valence-electron chi connectivity index (χ1n) is 5.19. The van der Waals surface area contributed by atoms with Crippen LogP contribution in [0.4, 0.5) is 0 Å². The van der Waals surface area contributed by atoms with Crippen molar-refractivity contribution in [2.45, 2.75) is 13.0 Å². The van der Waals surface area contributed by atoms with Gasteiger partial charge in [0.25, 0.3) is 0 Å². The van der Waals surface area contributed by atoms with Crippen LogP contribution in [0.2, 0.25) is 0 Å². The predicted molar refractivity (Wildman–Crippen MR) is 68.5 cm³/mol. The zero-order chi connectivity index (χ0) is 11.5. The quantitative estimate of drug-likeness (QED) is 0.928. The lowest BCUT2D eigenvalue weighted by molar-refractivity contribution is 0.460. The number of aryl methyl sites for hydroxylation is 1. The van der Waals surface area contributed by atoms with Crippen molar-refractivity contribution in [1.29, 1.82) is 0 Å². The summed E-state index contributed by atoms with van der Waals surface area (Å²) in [7, 11) is 1.94. The summed E-state index contributed by atoms with van der Waals surface area (Å²) < 4.78 is 6.51. The van der Waals surface area contributed by atoms with Gasteiger partial charge in [-0.15, -0.1) is 0 Å². The largest absolute Gasteiger partial charge is 0.466 e. The first-order valence-corrected chi connectivity index (χ1v) is 5.99. The SMILES string of the molecule is CNC(c1ccccc1C)c1occc1Br. The number of nitrogens with one attached hydrogen (secondary N) is 1. The summed E-state index contributed by atoms with van der Waals surface area (Å²) in [6.07, 6.45) is 1.70. The first-order chi connectivity index (χ1) is 7.74. The molecule has 0 spiro atoms. The first kappa shape index (κ1) is 11.4. The van der Waals surface area contributed by atoms with E-state index in [4.69, 9.17) is 4.42 Å². The van der Waals surface area contributed by atoms with E-state index in [0.29, 0.717) is 0 Å². The third kappa shape index (κ3) is 2.06. The van der Waals surface area contributed by atoms with E-state index in [9.17, 15) is 0 Å². The summed E-state index contributed by atoms with van der Waals surface area (Å²) in [5.41, 5.74) is 2.49. The fourth-order valence-corrected chi connectivity index (χ4v) is 2.28. The molecule has 0 aliphatic rings. The molecule has 1 unspecified atom stereocenters. The Kier molecular flexibility index (Phi) is 3.46. The molecule has 2 nitrogen and oxygen atoms in total. The highest BCUT2D eigenvalue weighted by Gasteiger charge is 2.19. The van der Waals surface area contributed by atoms with E-state index in [1.165, 1.54) is 11.1 Å². The lowest BCUT2D eigenvalue weighted by Gasteiger charge is -2.17. The summed E-state index contributed by atoms with van der Waals surface area (Å²) in [5.74, 6) is 0.914. The maximum Gasteiger partial charge on any atom is 0.139 e. The van der Waals surface area contributed by atoms with Gasteiger partial charge in [0.1, 0.15) is 5.76 Å². The van der Waals surface area contributed by atoms with Crippen molar-refractivity contribution in [2.75, 3.05) is 7.05 Å². The molecule has 1 aromatic heterocycles. The van der Waals surface area contributed by atoms with E-state index in [2.05, 4.69) is 40.3 Å². The third-order valence-electron chi connectivity index (χ3n) is 2.70. The van der Waals surface area contributed by atoms with Crippen LogP contribution in [0.25, 0.3) is 0 Å². The lowest BCUT2D eigenvalue weighted by atomic mass is 10.00. The molecule has 0 aliphatic carbocycles. The van der Waals surface area contributed by atoms with Crippen LogP contribution in [-0.2, 0) is 0 Å². The van der Waals surface area contributed by atoms with Gasteiger partial charge in [-0.3, -0.25) is 0 Å². The molecular formula is C13H14BrNO. The van der Waals surface area contributed by atoms with E-state index in [1.807, 2.05) is 25.2 Å². The molecule has 0 saturated carbocycles. The van der Waals surface area contributed by atoms with E-state index in [-0.39, 0.29) is 6.04 Å². The van der Waals surface area contributed by atoms with Gasteiger partial charge < -0.3 is 9.73 Å². The second kappa shape index (κ2) is 4.85. The van der Waals surface area contributed by atoms with Crippen molar-refractivity contribution in [3.8, 4) is 0 Å². The molecular weight excluding hydrogens is 266 g/mol. The van der Waals surface area contributed by atoms with Gasteiger partial charge in [-0.2, -0.15) is 0 Å². The standard InChI is InChI=1S/C13H14BrNO/c1-9-5-3-4-6-10(9)12(15-2)13-11(14)7-8-16-13/h3-8,12,15H,1-2H3. The van der Waals surface area contributed by atoms with E-state index in [1.54, 1.807) is 6.26 Å². The van der Waals surface area contributed by atoms with Crippen LogP contribution >= 0.6 is 15.9 Å². The Hall–Kier alpha value is -1.06. The van der Waals surface area contributed by atoms with Crippen molar-refractivity contribution >= 4 is 15.9 Å². The predicted octanol–water partition coefficient (Wildman–Crippen LogP) is 3.66. The molecule has 2 aromatic rings. The number of hydrogen-bond donors (Lipinski definition) is 1. The molecule has 1 N–H and O–H groups in total. The summed E-state index contributed by atoms with van der Waals surface area (Å²) in [6, 6.07) is 10.3. The van der Waals surface area contributed by atoms with Crippen LogP contribution in [0.5, 0.6) is 0 Å². The average molecular weight is 280 g/mol. The molecule has 1 atom stereocenters. The van der Waals surface area contributed by atoms with Gasteiger partial charge in [0.05, 0.1) is 16.8 Å². The fraction of sp³-hybridized carbons (Fsp3) is 0.231. The molecule has 0 amide bonds. The molecule has 0 radical (unpaired) electrons. The van der Waals surface area contributed by atoms with Gasteiger partial charge >= 0.3 is 0 Å². The van der Waals surface area contributed by atoms with E-state index < -0.39 is 0 Å². The smallest absolute Gasteiger partial charge is 0.139 e. The molecule has 0 saturated heterocycles. The van der Waals surface area contributed by atoms with Gasteiger partial charge in [0, 0.05) is 0 Å². The molecule has 2 rings (SSSR count). The fourth-order valence-electron chi connectivity index (χ4n) is 1.85. The van der Waals surface area contributed by atoms with E-state index in [0.717, 1.165) is 10.2 Å². The van der Waals surface area contributed by atoms with Crippen molar-refractivity contribution in [3.05, 3.63) is 58.0 Å². The van der Waals surface area contributed by atoms with Gasteiger partial charge in [0.2, 0.25) is 0 Å². The Balaban J connectivity index is 2.45.